The third-order valence-electron chi connectivity index (χ3n) is 8.86. The number of aromatic nitrogens is 3. The highest BCUT2D eigenvalue weighted by molar-refractivity contribution is 7.93. The third kappa shape index (κ3) is 3.93. The first kappa shape index (κ1) is 27.0. The molecule has 38 heavy (non-hydrogen) atoms. The van der Waals surface area contributed by atoms with E-state index in [9.17, 15) is 17.8 Å². The van der Waals surface area contributed by atoms with Crippen molar-refractivity contribution in [2.75, 3.05) is 20.0 Å². The largest absolute Gasteiger partial charge is 0.609 e. The highest BCUT2D eigenvalue weighted by Gasteiger charge is 2.65. The molecule has 11 heteroatoms. The van der Waals surface area contributed by atoms with Gasteiger partial charge in [0.1, 0.15) is 17.3 Å². The van der Waals surface area contributed by atoms with E-state index in [0.717, 1.165) is 21.5 Å². The van der Waals surface area contributed by atoms with E-state index < -0.39 is 32.0 Å². The van der Waals surface area contributed by atoms with Gasteiger partial charge in [0.05, 0.1) is 42.1 Å². The van der Waals surface area contributed by atoms with Gasteiger partial charge in [0, 0.05) is 41.0 Å². The first-order valence-corrected chi connectivity index (χ1v) is 15.5. The summed E-state index contributed by atoms with van der Waals surface area (Å²) in [4.78, 5) is 22.1. The van der Waals surface area contributed by atoms with Crippen LogP contribution in [0.4, 0.5) is 0 Å². The van der Waals surface area contributed by atoms with Crippen molar-refractivity contribution in [1.82, 2.24) is 13.9 Å². The summed E-state index contributed by atoms with van der Waals surface area (Å²) in [5, 5.41) is -0.0943. The summed E-state index contributed by atoms with van der Waals surface area (Å²) in [5.41, 5.74) is 1.36. The number of methoxy groups -OCH3 is 2. The number of carbonyl (C=O) groups excluding carboxylic acids is 1. The van der Waals surface area contributed by atoms with E-state index in [1.54, 1.807) is 31.5 Å². The van der Waals surface area contributed by atoms with Crippen LogP contribution in [0.15, 0.2) is 29.6 Å². The van der Waals surface area contributed by atoms with Crippen molar-refractivity contribution in [2.24, 2.45) is 16.7 Å². The number of fused-ring (bicyclic) bond motifs is 3. The predicted molar refractivity (Wildman–Crippen MR) is 144 cm³/mol. The van der Waals surface area contributed by atoms with Gasteiger partial charge in [-0.15, -0.1) is 0 Å². The number of hydrogen-bond acceptors (Lipinski definition) is 8. The molecule has 2 aromatic heterocycles. The quantitative estimate of drug-likeness (QED) is 0.380. The maximum Gasteiger partial charge on any atom is 0.338 e. The number of hydrogen-bond donors (Lipinski definition) is 0. The molecule has 2 aliphatic rings. The molecular weight excluding hydrogens is 526 g/mol. The second-order valence-electron chi connectivity index (χ2n) is 11.0. The Morgan fingerprint density at radius 1 is 1.21 bits per heavy atom. The molecule has 0 N–H and O–H groups in total. The number of pyridine rings is 1. The number of Topliss-reactive ketones (excluding diaryl/α,β-unsaturated/α-hetero) is 1. The molecule has 2 unspecified atom stereocenters. The van der Waals surface area contributed by atoms with Gasteiger partial charge in [0.25, 0.3) is 0 Å². The Balaban J connectivity index is 1.62. The third-order valence-corrected chi connectivity index (χ3v) is 12.0. The van der Waals surface area contributed by atoms with Crippen molar-refractivity contribution < 1.29 is 27.2 Å². The lowest BCUT2D eigenvalue weighted by molar-refractivity contribution is -0.128. The van der Waals surface area contributed by atoms with Gasteiger partial charge in [-0.25, -0.2) is 8.42 Å². The van der Waals surface area contributed by atoms with Crippen LogP contribution in [-0.2, 0) is 31.7 Å². The van der Waals surface area contributed by atoms with E-state index in [1.165, 1.54) is 7.11 Å². The maximum atomic E-state index is 14.2. The second-order valence-corrected chi connectivity index (χ2v) is 14.1. The molecule has 0 radical (unpaired) electrons. The molecule has 5 rings (SSSR count). The normalized spacial score (nSPS) is 23.2. The fraction of sp³-hybridized carbons (Fsp3) is 0.519. The van der Waals surface area contributed by atoms with Gasteiger partial charge < -0.3 is 14.0 Å². The molecule has 0 spiro atoms. The number of aryl methyl sites for hydroxylation is 1. The molecular formula is C27H33N3O6S2. The number of rotatable bonds is 8. The summed E-state index contributed by atoms with van der Waals surface area (Å²) >= 11 is -1.87. The average Bonchev–Trinajstić information content (AvgIpc) is 3.42. The molecule has 0 aliphatic heterocycles. The summed E-state index contributed by atoms with van der Waals surface area (Å²) in [5.74, 6) is 0.933. The van der Waals surface area contributed by atoms with Crippen molar-refractivity contribution in [3.63, 3.8) is 0 Å². The smallest absolute Gasteiger partial charge is 0.338 e. The van der Waals surface area contributed by atoms with Gasteiger partial charge in [-0.05, 0) is 50.2 Å². The molecule has 2 fully saturated rings. The monoisotopic (exact) mass is 559 g/mol. The van der Waals surface area contributed by atoms with Crippen LogP contribution in [0.25, 0.3) is 11.0 Å². The zero-order valence-electron chi connectivity index (χ0n) is 22.5. The molecule has 2 bridgehead atoms. The number of imidazole rings is 1. The highest BCUT2D eigenvalue weighted by Crippen LogP contribution is 2.64. The Kier molecular flexibility index (Phi) is 6.55. The van der Waals surface area contributed by atoms with Crippen LogP contribution < -0.4 is 9.47 Å². The average molecular weight is 560 g/mol. The molecule has 1 aromatic carbocycles. The van der Waals surface area contributed by atoms with Gasteiger partial charge >= 0.3 is 5.16 Å². The van der Waals surface area contributed by atoms with E-state index in [-0.39, 0.29) is 28.4 Å². The number of nitrogens with zero attached hydrogens (tertiary/aromatic N) is 3. The van der Waals surface area contributed by atoms with Crippen LogP contribution in [0.3, 0.4) is 0 Å². The van der Waals surface area contributed by atoms with Crippen LogP contribution in [0, 0.1) is 30.6 Å². The Morgan fingerprint density at radius 2 is 1.95 bits per heavy atom. The fourth-order valence-electron chi connectivity index (χ4n) is 6.44. The number of ketones is 1. The Hall–Kier alpha value is -2.63. The SMILES string of the molecule is COc1ccc2c(c1)nc([S@+]([O-])Cc1ncc(C)c(OC)c1C)n2S(=O)(=O)CC12CCC(CC1=O)C2(C)C. The van der Waals surface area contributed by atoms with Gasteiger partial charge in [0.2, 0.25) is 10.0 Å². The maximum absolute atomic E-state index is 14.2. The van der Waals surface area contributed by atoms with E-state index in [1.807, 2.05) is 27.7 Å². The van der Waals surface area contributed by atoms with Crippen LogP contribution in [-0.4, -0.2) is 52.7 Å². The second kappa shape index (κ2) is 9.24. The van der Waals surface area contributed by atoms with Crippen LogP contribution >= 0.6 is 0 Å². The zero-order valence-corrected chi connectivity index (χ0v) is 24.2. The lowest BCUT2D eigenvalue weighted by Crippen LogP contribution is -2.43. The molecule has 9 nitrogen and oxygen atoms in total. The minimum Gasteiger partial charge on any atom is -0.609 e. The van der Waals surface area contributed by atoms with Crippen molar-refractivity contribution >= 4 is 38.0 Å². The Labute approximate surface area is 226 Å². The van der Waals surface area contributed by atoms with Crippen LogP contribution in [0.5, 0.6) is 11.5 Å². The van der Waals surface area contributed by atoms with E-state index >= 15 is 0 Å². The molecule has 3 aromatic rings. The number of carbonyl (C=O) groups is 1. The topological polar surface area (TPSA) is 123 Å². The predicted octanol–water partition coefficient (Wildman–Crippen LogP) is 3.95. The van der Waals surface area contributed by atoms with Gasteiger partial charge in [-0.1, -0.05) is 13.8 Å². The van der Waals surface area contributed by atoms with Gasteiger partial charge in [-0.2, -0.15) is 8.96 Å². The lowest BCUT2D eigenvalue weighted by Gasteiger charge is -2.36. The molecule has 2 heterocycles. The highest BCUT2D eigenvalue weighted by atomic mass is 32.2. The van der Waals surface area contributed by atoms with Crippen molar-refractivity contribution in [3.05, 3.63) is 41.2 Å². The fourth-order valence-corrected chi connectivity index (χ4v) is 10.3. The summed E-state index contributed by atoms with van der Waals surface area (Å²) in [7, 11) is -1.06. The van der Waals surface area contributed by atoms with Crippen molar-refractivity contribution in [2.45, 2.75) is 57.9 Å². The zero-order chi connectivity index (χ0) is 27.6. The molecule has 3 atom stereocenters. The van der Waals surface area contributed by atoms with Crippen LogP contribution in [0.1, 0.15) is 49.9 Å². The Bertz CT molecular complexity index is 1550. The molecule has 204 valence electrons. The Morgan fingerprint density at radius 3 is 2.55 bits per heavy atom. The lowest BCUT2D eigenvalue weighted by atomic mass is 9.70. The summed E-state index contributed by atoms with van der Waals surface area (Å²) in [6, 6.07) is 4.87. The molecule has 2 aliphatic carbocycles. The van der Waals surface area contributed by atoms with Crippen molar-refractivity contribution in [1.29, 1.82) is 0 Å². The molecule has 0 saturated heterocycles. The first-order valence-electron chi connectivity index (χ1n) is 12.6. The summed E-state index contributed by atoms with van der Waals surface area (Å²) in [6.07, 6.45) is 3.42. The first-order chi connectivity index (χ1) is 17.9. The molecule has 2 saturated carbocycles. The molecule has 0 amide bonds. The van der Waals surface area contributed by atoms with E-state index in [2.05, 4.69) is 9.97 Å². The minimum absolute atomic E-state index is 0.00247. The number of benzene rings is 1. The number of ether oxygens (including phenoxy) is 2. The van der Waals surface area contributed by atoms with E-state index in [0.29, 0.717) is 41.1 Å². The van der Waals surface area contributed by atoms with Crippen molar-refractivity contribution in [3.8, 4) is 11.5 Å². The van der Waals surface area contributed by atoms with Crippen LogP contribution in [0.2, 0.25) is 0 Å². The minimum atomic E-state index is -4.14. The van der Waals surface area contributed by atoms with Gasteiger partial charge in [0.15, 0.2) is 5.75 Å². The van der Waals surface area contributed by atoms with E-state index in [4.69, 9.17) is 9.47 Å². The van der Waals surface area contributed by atoms with Gasteiger partial charge in [-0.3, -0.25) is 9.78 Å². The summed E-state index contributed by atoms with van der Waals surface area (Å²) in [6.45, 7) is 7.71. The summed E-state index contributed by atoms with van der Waals surface area (Å²) < 4.78 is 54.1. The standard InChI is InChI=1S/C27H33N3O6S2/c1-16-13-28-21(17(2)24(16)36-6)14-37(32)25-29-20-12-19(35-5)7-8-22(20)30(25)38(33,34)15-27-10-9-18(11-23(27)31)26(27,3)4/h7-8,12-13,18H,9-11,14-15H2,1-6H3/t18?,27?,37-/m1/s1.